The average molecular weight is 295 g/mol. The van der Waals surface area contributed by atoms with Crippen LogP contribution in [0.25, 0.3) is 22.0 Å². The molecule has 112 valence electrons. The second-order valence-corrected chi connectivity index (χ2v) is 4.76. The number of anilines is 2. The third-order valence-electron chi connectivity index (χ3n) is 3.35. The van der Waals surface area contributed by atoms with E-state index in [-0.39, 0.29) is 5.95 Å². The van der Waals surface area contributed by atoms with Gasteiger partial charge in [-0.2, -0.15) is 4.98 Å². The molecule has 0 fully saturated rings. The maximum Gasteiger partial charge on any atom is 0.222 e. The van der Waals surface area contributed by atoms with Gasteiger partial charge in [-0.3, -0.25) is 0 Å². The summed E-state index contributed by atoms with van der Waals surface area (Å²) in [5, 5.41) is 0.822. The van der Waals surface area contributed by atoms with Gasteiger partial charge < -0.3 is 15.9 Å². The van der Waals surface area contributed by atoms with Crippen molar-refractivity contribution in [1.29, 1.82) is 0 Å². The summed E-state index contributed by atoms with van der Waals surface area (Å²) in [5.74, 6) is 7.07. The first-order valence-corrected chi connectivity index (χ1v) is 6.98. The van der Waals surface area contributed by atoms with Gasteiger partial charge in [0, 0.05) is 5.39 Å². The number of hydrazine groups is 1. The molecule has 0 aliphatic rings. The number of nitrogens with two attached hydrogens (primary N) is 2. The minimum atomic E-state index is 0.189. The topological polar surface area (TPSA) is 99.1 Å². The molecule has 0 unspecified atom stereocenters. The second-order valence-electron chi connectivity index (χ2n) is 4.76. The van der Waals surface area contributed by atoms with Crippen LogP contribution < -0.4 is 21.7 Å². The Kier molecular flexibility index (Phi) is 3.76. The number of nitrogen functional groups attached to an aromatic ring is 2. The standard InChI is InChI=1S/C16H17N5O/c1-2-22-12-6-3-10(4-7-12)11-5-8-14-13(9-11)15(21-18)20-16(17)19-14/h3-9H,2,18H2,1H3,(H3,17,19,20,21). The Hall–Kier alpha value is -2.86. The Labute approximate surface area is 128 Å². The molecule has 0 bridgehead atoms. The summed E-state index contributed by atoms with van der Waals surface area (Å²) < 4.78 is 5.46. The third-order valence-corrected chi connectivity index (χ3v) is 3.35. The molecule has 6 heteroatoms. The first kappa shape index (κ1) is 14.1. The highest BCUT2D eigenvalue weighted by Crippen LogP contribution is 2.28. The van der Waals surface area contributed by atoms with E-state index in [1.807, 2.05) is 49.4 Å². The number of aromatic nitrogens is 2. The van der Waals surface area contributed by atoms with Crippen LogP contribution in [-0.2, 0) is 0 Å². The number of nitrogens with zero attached hydrogens (tertiary/aromatic N) is 2. The van der Waals surface area contributed by atoms with Crippen molar-refractivity contribution >= 4 is 22.7 Å². The van der Waals surface area contributed by atoms with Crippen LogP contribution in [0.15, 0.2) is 42.5 Å². The number of ether oxygens (including phenoxy) is 1. The van der Waals surface area contributed by atoms with Gasteiger partial charge in [-0.15, -0.1) is 0 Å². The summed E-state index contributed by atoms with van der Waals surface area (Å²) in [4.78, 5) is 8.31. The largest absolute Gasteiger partial charge is 0.494 e. The van der Waals surface area contributed by atoms with Crippen molar-refractivity contribution in [3.8, 4) is 16.9 Å². The third kappa shape index (κ3) is 2.64. The molecule has 0 atom stereocenters. The minimum Gasteiger partial charge on any atom is -0.494 e. The molecule has 2 aromatic carbocycles. The zero-order valence-electron chi connectivity index (χ0n) is 12.2. The molecule has 3 rings (SSSR count). The molecule has 6 nitrogen and oxygen atoms in total. The second kappa shape index (κ2) is 5.87. The van der Waals surface area contributed by atoms with E-state index in [1.165, 1.54) is 0 Å². The van der Waals surface area contributed by atoms with E-state index in [1.54, 1.807) is 0 Å². The van der Waals surface area contributed by atoms with Crippen molar-refractivity contribution in [2.45, 2.75) is 6.92 Å². The van der Waals surface area contributed by atoms with Crippen molar-refractivity contribution in [3.05, 3.63) is 42.5 Å². The Balaban J connectivity index is 2.06. The van der Waals surface area contributed by atoms with Crippen LogP contribution in [0.3, 0.4) is 0 Å². The van der Waals surface area contributed by atoms with Gasteiger partial charge in [-0.1, -0.05) is 18.2 Å². The van der Waals surface area contributed by atoms with E-state index in [0.717, 1.165) is 27.8 Å². The van der Waals surface area contributed by atoms with E-state index in [0.29, 0.717) is 12.4 Å². The molecule has 0 saturated carbocycles. The van der Waals surface area contributed by atoms with Crippen molar-refractivity contribution < 1.29 is 4.74 Å². The summed E-state index contributed by atoms with van der Waals surface area (Å²) in [6.07, 6.45) is 0. The lowest BCUT2D eigenvalue weighted by atomic mass is 10.0. The molecule has 1 heterocycles. The molecule has 0 radical (unpaired) electrons. The van der Waals surface area contributed by atoms with E-state index in [4.69, 9.17) is 16.3 Å². The summed E-state index contributed by atoms with van der Waals surface area (Å²) >= 11 is 0. The molecule has 0 aliphatic carbocycles. The van der Waals surface area contributed by atoms with Gasteiger partial charge in [0.15, 0.2) is 5.82 Å². The SMILES string of the molecule is CCOc1ccc(-c2ccc3nc(N)nc(NN)c3c2)cc1. The molecule has 0 saturated heterocycles. The lowest BCUT2D eigenvalue weighted by Gasteiger charge is -2.09. The van der Waals surface area contributed by atoms with Crippen LogP contribution in [0.4, 0.5) is 11.8 Å². The highest BCUT2D eigenvalue weighted by molar-refractivity contribution is 5.93. The molecule has 22 heavy (non-hydrogen) atoms. The Morgan fingerprint density at radius 1 is 1.05 bits per heavy atom. The van der Waals surface area contributed by atoms with Gasteiger partial charge in [0.25, 0.3) is 0 Å². The lowest BCUT2D eigenvalue weighted by Crippen LogP contribution is -2.11. The van der Waals surface area contributed by atoms with E-state index in [9.17, 15) is 0 Å². The maximum atomic E-state index is 5.66. The Bertz CT molecular complexity index is 801. The maximum absolute atomic E-state index is 5.66. The van der Waals surface area contributed by atoms with Crippen LogP contribution in [0, 0.1) is 0 Å². The number of hydrogen-bond acceptors (Lipinski definition) is 6. The predicted octanol–water partition coefficient (Wildman–Crippen LogP) is 2.56. The van der Waals surface area contributed by atoms with Gasteiger partial charge in [-0.25, -0.2) is 10.8 Å². The highest BCUT2D eigenvalue weighted by atomic mass is 16.5. The van der Waals surface area contributed by atoms with Crippen LogP contribution in [-0.4, -0.2) is 16.6 Å². The summed E-state index contributed by atoms with van der Waals surface area (Å²) in [6, 6.07) is 13.8. The zero-order valence-corrected chi connectivity index (χ0v) is 12.2. The Morgan fingerprint density at radius 2 is 1.77 bits per heavy atom. The molecular formula is C16H17N5O. The van der Waals surface area contributed by atoms with Gasteiger partial charge >= 0.3 is 0 Å². The predicted molar refractivity (Wildman–Crippen MR) is 88.4 cm³/mol. The first-order chi connectivity index (χ1) is 10.7. The molecule has 0 spiro atoms. The van der Waals surface area contributed by atoms with Crippen molar-refractivity contribution in [2.24, 2.45) is 5.84 Å². The number of rotatable bonds is 4. The monoisotopic (exact) mass is 295 g/mol. The number of fused-ring (bicyclic) bond motifs is 1. The molecular weight excluding hydrogens is 278 g/mol. The van der Waals surface area contributed by atoms with Crippen LogP contribution in [0.2, 0.25) is 0 Å². The molecule has 1 aromatic heterocycles. The van der Waals surface area contributed by atoms with Crippen LogP contribution >= 0.6 is 0 Å². The fourth-order valence-corrected chi connectivity index (χ4v) is 2.35. The molecule has 5 N–H and O–H groups in total. The van der Waals surface area contributed by atoms with Gasteiger partial charge in [0.2, 0.25) is 5.95 Å². The fourth-order valence-electron chi connectivity index (χ4n) is 2.35. The summed E-state index contributed by atoms with van der Waals surface area (Å²) in [6.45, 7) is 2.61. The molecule has 3 aromatic rings. The lowest BCUT2D eigenvalue weighted by molar-refractivity contribution is 0.340. The van der Waals surface area contributed by atoms with Crippen molar-refractivity contribution in [2.75, 3.05) is 17.8 Å². The number of hydrogen-bond donors (Lipinski definition) is 3. The van der Waals surface area contributed by atoms with Gasteiger partial charge in [0.1, 0.15) is 5.75 Å². The van der Waals surface area contributed by atoms with E-state index >= 15 is 0 Å². The Morgan fingerprint density at radius 3 is 2.45 bits per heavy atom. The zero-order chi connectivity index (χ0) is 15.5. The van der Waals surface area contributed by atoms with Gasteiger partial charge in [0.05, 0.1) is 12.1 Å². The van der Waals surface area contributed by atoms with Crippen molar-refractivity contribution in [1.82, 2.24) is 9.97 Å². The highest BCUT2D eigenvalue weighted by Gasteiger charge is 2.07. The first-order valence-electron chi connectivity index (χ1n) is 6.98. The normalized spacial score (nSPS) is 10.6. The van der Waals surface area contributed by atoms with E-state index < -0.39 is 0 Å². The summed E-state index contributed by atoms with van der Waals surface area (Å²) in [7, 11) is 0. The van der Waals surface area contributed by atoms with Crippen LogP contribution in [0.5, 0.6) is 5.75 Å². The van der Waals surface area contributed by atoms with Crippen LogP contribution in [0.1, 0.15) is 6.92 Å². The van der Waals surface area contributed by atoms with E-state index in [2.05, 4.69) is 15.4 Å². The van der Waals surface area contributed by atoms with Gasteiger partial charge in [-0.05, 0) is 42.3 Å². The van der Waals surface area contributed by atoms with Crippen molar-refractivity contribution in [3.63, 3.8) is 0 Å². The molecule has 0 amide bonds. The smallest absolute Gasteiger partial charge is 0.222 e. The number of nitrogens with one attached hydrogen (secondary N) is 1. The summed E-state index contributed by atoms with van der Waals surface area (Å²) in [5.41, 5.74) is 11.1. The fraction of sp³-hybridized carbons (Fsp3) is 0.125. The quantitative estimate of drug-likeness (QED) is 0.505. The molecule has 0 aliphatic heterocycles. The average Bonchev–Trinajstić information content (AvgIpc) is 2.54. The number of benzene rings is 2. The minimum absolute atomic E-state index is 0.189.